The lowest BCUT2D eigenvalue weighted by molar-refractivity contribution is -0.385. The minimum Gasteiger partial charge on any atom is -0.496 e. The van der Waals surface area contributed by atoms with Crippen molar-refractivity contribution in [1.29, 1.82) is 0 Å². The van der Waals surface area contributed by atoms with Crippen LogP contribution >= 0.6 is 0 Å². The molecule has 2 aromatic carbocycles. The van der Waals surface area contributed by atoms with Gasteiger partial charge in [0, 0.05) is 43.1 Å². The van der Waals surface area contributed by atoms with E-state index < -0.39 is 28.4 Å². The van der Waals surface area contributed by atoms with E-state index in [1.54, 1.807) is 21.0 Å². The third-order valence-electron chi connectivity index (χ3n) is 11.7. The molecule has 3 fully saturated rings. The SMILES string of the molecule is COc1cc2nc(C)nc(N[C@H](C)c3cc([N+](=O)[O-])cc(C(F)(F)F)c3)c2cc1C1CCC(C(=O)N(C)CC2CCC3(CCNCC3)CC2)CC1. The number of nitro groups is 1. The molecule has 0 bridgehead atoms. The van der Waals surface area contributed by atoms with E-state index in [4.69, 9.17) is 4.74 Å². The van der Waals surface area contributed by atoms with Crippen LogP contribution in [-0.4, -0.2) is 59.5 Å². The highest BCUT2D eigenvalue weighted by Crippen LogP contribution is 2.46. The molecule has 1 aliphatic heterocycles. The number of nitrogens with zero attached hydrogens (tertiary/aromatic N) is 4. The van der Waals surface area contributed by atoms with Gasteiger partial charge >= 0.3 is 6.18 Å². The number of carbonyl (C=O) groups is 1. The first-order chi connectivity index (χ1) is 24.2. The summed E-state index contributed by atoms with van der Waals surface area (Å²) in [5.74, 6) is 2.47. The highest BCUT2D eigenvalue weighted by atomic mass is 19.4. The van der Waals surface area contributed by atoms with Crippen molar-refractivity contribution in [1.82, 2.24) is 20.2 Å². The summed E-state index contributed by atoms with van der Waals surface area (Å²) < 4.78 is 46.7. The van der Waals surface area contributed by atoms with Crippen LogP contribution in [0.3, 0.4) is 0 Å². The van der Waals surface area contributed by atoms with Crippen molar-refractivity contribution in [2.45, 2.75) is 96.2 Å². The van der Waals surface area contributed by atoms with Gasteiger partial charge in [-0.15, -0.1) is 0 Å². The lowest BCUT2D eigenvalue weighted by Crippen LogP contribution is -2.42. The Hall–Kier alpha value is -4.00. The van der Waals surface area contributed by atoms with E-state index in [1.807, 2.05) is 24.1 Å². The Balaban J connectivity index is 1.15. The van der Waals surface area contributed by atoms with Crippen LogP contribution in [0.2, 0.25) is 0 Å². The van der Waals surface area contributed by atoms with Gasteiger partial charge in [-0.3, -0.25) is 14.9 Å². The minimum atomic E-state index is -4.74. The number of fused-ring (bicyclic) bond motifs is 1. The van der Waals surface area contributed by atoms with Crippen molar-refractivity contribution in [2.24, 2.45) is 17.3 Å². The van der Waals surface area contributed by atoms with Crippen LogP contribution in [0, 0.1) is 34.3 Å². The Labute approximate surface area is 297 Å². The zero-order valence-electron chi connectivity index (χ0n) is 29.9. The Morgan fingerprint density at radius 2 is 1.75 bits per heavy atom. The summed E-state index contributed by atoms with van der Waals surface area (Å²) in [6, 6.07) is 5.70. The zero-order chi connectivity index (χ0) is 36.5. The highest BCUT2D eigenvalue weighted by molar-refractivity contribution is 5.91. The molecule has 3 aliphatic rings. The Morgan fingerprint density at radius 3 is 2.37 bits per heavy atom. The summed E-state index contributed by atoms with van der Waals surface area (Å²) in [6.07, 6.45) is 5.92. The molecular formula is C38H49F3N6O4. The molecule has 13 heteroatoms. The number of rotatable bonds is 9. The molecule has 1 amide bonds. The summed E-state index contributed by atoms with van der Waals surface area (Å²) in [5, 5.41) is 18.8. The highest BCUT2D eigenvalue weighted by Gasteiger charge is 2.38. The van der Waals surface area contributed by atoms with Gasteiger partial charge in [-0.05, 0) is 132 Å². The van der Waals surface area contributed by atoms with Crippen molar-refractivity contribution in [3.05, 3.63) is 63.0 Å². The van der Waals surface area contributed by atoms with Gasteiger partial charge < -0.3 is 20.3 Å². The number of nitrogens with one attached hydrogen (secondary N) is 2. The monoisotopic (exact) mass is 710 g/mol. The van der Waals surface area contributed by atoms with E-state index in [0.29, 0.717) is 45.7 Å². The van der Waals surface area contributed by atoms with E-state index in [9.17, 15) is 28.1 Å². The number of benzene rings is 2. The van der Waals surface area contributed by atoms with Gasteiger partial charge in [0.05, 0.1) is 29.2 Å². The molecule has 51 heavy (non-hydrogen) atoms. The van der Waals surface area contributed by atoms with Crippen molar-refractivity contribution >= 4 is 28.3 Å². The largest absolute Gasteiger partial charge is 0.496 e. The first kappa shape index (κ1) is 36.8. The summed E-state index contributed by atoms with van der Waals surface area (Å²) in [5.41, 5.74) is 0.471. The standard InChI is InChI=1S/C38H49F3N6O4/c1-23(28-17-29(38(39,40)41)19-30(18-28)47(49)50)43-35-32-20-31(34(51-4)21-33(32)44-24(2)45-35)26-5-7-27(8-6-26)36(48)46(3)22-25-9-11-37(12-10-25)13-15-42-16-14-37/h17-21,23,25-27,42H,5-16,22H2,1-4H3,(H,43,44,45)/t23-,26?,27?/m1/s1. The number of methoxy groups -OCH3 is 1. The average molecular weight is 711 g/mol. The number of non-ortho nitro benzene ring substituents is 1. The number of nitro benzene ring substituents is 1. The van der Waals surface area contributed by atoms with E-state index in [-0.39, 0.29) is 23.3 Å². The smallest absolute Gasteiger partial charge is 0.416 e. The molecule has 2 saturated carbocycles. The second-order valence-corrected chi connectivity index (χ2v) is 15.1. The van der Waals surface area contributed by atoms with Gasteiger partial charge in [0.25, 0.3) is 5.69 Å². The molecule has 2 heterocycles. The summed E-state index contributed by atoms with van der Waals surface area (Å²) in [6.45, 7) is 6.44. The molecule has 6 rings (SSSR count). The van der Waals surface area contributed by atoms with Crippen molar-refractivity contribution in [2.75, 3.05) is 39.1 Å². The maximum atomic E-state index is 13.6. The summed E-state index contributed by atoms with van der Waals surface area (Å²) >= 11 is 0. The number of carbonyl (C=O) groups excluding carboxylic acids is 1. The molecule has 1 spiro atoms. The van der Waals surface area contributed by atoms with Gasteiger partial charge in [-0.1, -0.05) is 0 Å². The van der Waals surface area contributed by atoms with Crippen LogP contribution in [0.5, 0.6) is 5.75 Å². The van der Waals surface area contributed by atoms with Gasteiger partial charge in [-0.2, -0.15) is 13.2 Å². The molecule has 1 aromatic heterocycles. The summed E-state index contributed by atoms with van der Waals surface area (Å²) in [7, 11) is 3.58. The molecule has 2 aliphatic carbocycles. The molecule has 0 radical (unpaired) electrons. The van der Waals surface area contributed by atoms with Crippen LogP contribution in [-0.2, 0) is 11.0 Å². The number of piperidine rings is 1. The Bertz CT molecular complexity index is 1740. The van der Waals surface area contributed by atoms with Crippen LogP contribution in [0.4, 0.5) is 24.7 Å². The Morgan fingerprint density at radius 1 is 1.06 bits per heavy atom. The maximum Gasteiger partial charge on any atom is 0.416 e. The summed E-state index contributed by atoms with van der Waals surface area (Å²) in [4.78, 5) is 35.4. The number of anilines is 1. The molecule has 10 nitrogen and oxygen atoms in total. The van der Waals surface area contributed by atoms with Gasteiger partial charge in [0.1, 0.15) is 17.4 Å². The molecule has 1 saturated heterocycles. The number of halogens is 3. The molecular weight excluding hydrogens is 661 g/mol. The Kier molecular flexibility index (Phi) is 10.8. The number of alkyl halides is 3. The number of aromatic nitrogens is 2. The second kappa shape index (κ2) is 14.9. The maximum absolute atomic E-state index is 13.6. The number of ether oxygens (including phenoxy) is 1. The lowest BCUT2D eigenvalue weighted by Gasteiger charge is -2.44. The fourth-order valence-corrected chi connectivity index (χ4v) is 8.71. The van der Waals surface area contributed by atoms with Gasteiger partial charge in [-0.25, -0.2) is 9.97 Å². The topological polar surface area (TPSA) is 123 Å². The number of aryl methyl sites for hydroxylation is 1. The van der Waals surface area contributed by atoms with Crippen molar-refractivity contribution in [3.8, 4) is 5.75 Å². The fourth-order valence-electron chi connectivity index (χ4n) is 8.71. The number of hydrogen-bond acceptors (Lipinski definition) is 8. The van der Waals surface area contributed by atoms with E-state index in [0.717, 1.165) is 63.0 Å². The van der Waals surface area contributed by atoms with E-state index in [2.05, 4.69) is 20.6 Å². The third kappa shape index (κ3) is 8.23. The van der Waals surface area contributed by atoms with E-state index in [1.165, 1.54) is 38.5 Å². The number of hydrogen-bond donors (Lipinski definition) is 2. The van der Waals surface area contributed by atoms with Crippen molar-refractivity contribution < 1.29 is 27.6 Å². The van der Waals surface area contributed by atoms with Crippen LogP contribution in [0.15, 0.2) is 30.3 Å². The second-order valence-electron chi connectivity index (χ2n) is 15.1. The van der Waals surface area contributed by atoms with Crippen LogP contribution in [0.25, 0.3) is 10.9 Å². The van der Waals surface area contributed by atoms with Gasteiger partial charge in [0.15, 0.2) is 0 Å². The van der Waals surface area contributed by atoms with Crippen LogP contribution in [0.1, 0.15) is 106 Å². The fraction of sp³-hybridized carbons (Fsp3) is 0.605. The molecule has 2 N–H and O–H groups in total. The normalized spacial score (nSPS) is 21.7. The average Bonchev–Trinajstić information content (AvgIpc) is 3.11. The van der Waals surface area contributed by atoms with Crippen molar-refractivity contribution in [3.63, 3.8) is 0 Å². The quantitative estimate of drug-likeness (QED) is 0.168. The van der Waals surface area contributed by atoms with Crippen LogP contribution < -0.4 is 15.4 Å². The number of amides is 1. The zero-order valence-corrected chi connectivity index (χ0v) is 29.9. The van der Waals surface area contributed by atoms with E-state index >= 15 is 0 Å². The van der Waals surface area contributed by atoms with Gasteiger partial charge in [0.2, 0.25) is 5.91 Å². The molecule has 3 aromatic rings. The lowest BCUT2D eigenvalue weighted by atomic mass is 9.65. The molecule has 0 unspecified atom stereocenters. The predicted octanol–water partition coefficient (Wildman–Crippen LogP) is 8.34. The minimum absolute atomic E-state index is 0.0161. The molecule has 1 atom stereocenters. The predicted molar refractivity (Wildman–Crippen MR) is 190 cm³/mol. The first-order valence-corrected chi connectivity index (χ1v) is 18.2. The third-order valence-corrected chi connectivity index (χ3v) is 11.7. The first-order valence-electron chi connectivity index (χ1n) is 18.2. The molecule has 276 valence electrons.